The highest BCUT2D eigenvalue weighted by atomic mass is 16.2. The second kappa shape index (κ2) is 12.4. The van der Waals surface area contributed by atoms with Crippen molar-refractivity contribution >= 4 is 29.4 Å². The molecule has 1 unspecified atom stereocenters. The summed E-state index contributed by atoms with van der Waals surface area (Å²) in [4.78, 5) is 36.0. The maximum atomic E-state index is 13.0. The van der Waals surface area contributed by atoms with Gasteiger partial charge in [0.2, 0.25) is 5.91 Å². The van der Waals surface area contributed by atoms with Gasteiger partial charge in [-0.3, -0.25) is 9.78 Å². The highest BCUT2D eigenvalue weighted by Crippen LogP contribution is 2.35. The van der Waals surface area contributed by atoms with E-state index in [0.717, 1.165) is 52.8 Å². The fraction of sp³-hybridized carbons (Fsp3) is 0.355. The summed E-state index contributed by atoms with van der Waals surface area (Å²) in [5.74, 6) is 0.355. The van der Waals surface area contributed by atoms with E-state index in [2.05, 4.69) is 10.1 Å². The van der Waals surface area contributed by atoms with E-state index in [-0.39, 0.29) is 24.3 Å². The summed E-state index contributed by atoms with van der Waals surface area (Å²) in [7, 11) is 0. The fourth-order valence-electron chi connectivity index (χ4n) is 5.63. The minimum Gasteiger partial charge on any atom is -0.383 e. The Labute approximate surface area is 239 Å². The molecule has 10 heteroatoms. The van der Waals surface area contributed by atoms with Crippen LogP contribution < -0.4 is 11.5 Å². The Morgan fingerprint density at radius 2 is 1.88 bits per heavy atom. The number of benzene rings is 1. The number of amides is 1. The van der Waals surface area contributed by atoms with Gasteiger partial charge in [-0.1, -0.05) is 43.3 Å². The number of likely N-dealkylation sites (tertiary alicyclic amines) is 1. The number of pyridine rings is 1. The largest absolute Gasteiger partial charge is 0.383 e. The third-order valence-electron chi connectivity index (χ3n) is 7.89. The molecule has 4 aromatic rings. The van der Waals surface area contributed by atoms with Crippen LogP contribution in [0.15, 0.2) is 54.9 Å². The van der Waals surface area contributed by atoms with Gasteiger partial charge in [-0.2, -0.15) is 9.61 Å². The van der Waals surface area contributed by atoms with Crippen LogP contribution in [0.25, 0.3) is 28.0 Å². The summed E-state index contributed by atoms with van der Waals surface area (Å²) in [6.45, 7) is 3.22. The van der Waals surface area contributed by atoms with Crippen molar-refractivity contribution in [2.45, 2.75) is 44.9 Å². The smallest absolute Gasteiger partial charge is 0.225 e. The molecule has 1 fully saturated rings. The number of carbonyl (C=O) groups is 2. The molecular weight excluding hydrogens is 516 g/mol. The van der Waals surface area contributed by atoms with Gasteiger partial charge in [0.25, 0.3) is 0 Å². The van der Waals surface area contributed by atoms with Gasteiger partial charge in [-0.15, -0.1) is 0 Å². The SMILES string of the molecule is CC(CC(=N)CN)C(=O)N1CCC(c2nc3c(-c4ccc(-c5ccccc5)nc4)cnn3c(N)c2CCC=O)CC1. The summed E-state index contributed by atoms with van der Waals surface area (Å²) < 4.78 is 1.65. The number of rotatable bonds is 10. The molecule has 212 valence electrons. The van der Waals surface area contributed by atoms with Crippen LogP contribution in [0.4, 0.5) is 5.82 Å². The van der Waals surface area contributed by atoms with E-state index in [1.807, 2.05) is 60.5 Å². The standard InChI is InChI=1S/C31H36N8O2/c1-20(16-24(33)17-32)31(41)38-13-11-22(12-14-38)28-25(8-5-15-40)29(34)39-30(37-28)26(19-36-39)23-9-10-27(35-18-23)21-6-3-2-4-7-21/h2-4,6-7,9-10,15,18-20,22,33H,5,8,11-14,16-17,32,34H2,1H3. The van der Waals surface area contributed by atoms with Crippen molar-refractivity contribution in [3.05, 3.63) is 66.1 Å². The number of nitrogens with one attached hydrogen (secondary N) is 1. The molecule has 5 rings (SSSR count). The van der Waals surface area contributed by atoms with Crippen molar-refractivity contribution in [3.63, 3.8) is 0 Å². The maximum absolute atomic E-state index is 13.0. The third-order valence-corrected chi connectivity index (χ3v) is 7.89. The highest BCUT2D eigenvalue weighted by Gasteiger charge is 2.30. The first-order valence-corrected chi connectivity index (χ1v) is 14.1. The lowest BCUT2D eigenvalue weighted by Crippen LogP contribution is -2.41. The summed E-state index contributed by atoms with van der Waals surface area (Å²) in [6, 6.07) is 14.0. The number of hydrogen-bond donors (Lipinski definition) is 3. The molecule has 1 aliphatic heterocycles. The molecule has 0 spiro atoms. The second-order valence-corrected chi connectivity index (χ2v) is 10.7. The Morgan fingerprint density at radius 3 is 2.54 bits per heavy atom. The summed E-state index contributed by atoms with van der Waals surface area (Å²) >= 11 is 0. The minimum absolute atomic E-state index is 0.0512. The van der Waals surface area contributed by atoms with Crippen molar-refractivity contribution in [1.82, 2.24) is 24.5 Å². The van der Waals surface area contributed by atoms with E-state index in [1.165, 1.54) is 0 Å². The van der Waals surface area contributed by atoms with E-state index >= 15 is 0 Å². The van der Waals surface area contributed by atoms with Crippen molar-refractivity contribution < 1.29 is 9.59 Å². The zero-order chi connectivity index (χ0) is 28.9. The average Bonchev–Trinajstić information content (AvgIpc) is 3.45. The number of anilines is 1. The van der Waals surface area contributed by atoms with Crippen LogP contribution in [0.3, 0.4) is 0 Å². The number of nitrogens with zero attached hydrogens (tertiary/aromatic N) is 5. The Morgan fingerprint density at radius 1 is 1.12 bits per heavy atom. The monoisotopic (exact) mass is 552 g/mol. The lowest BCUT2D eigenvalue weighted by atomic mass is 9.88. The lowest BCUT2D eigenvalue weighted by molar-refractivity contribution is -0.135. The zero-order valence-corrected chi connectivity index (χ0v) is 23.3. The molecular formula is C31H36N8O2. The molecule has 1 aromatic carbocycles. The van der Waals surface area contributed by atoms with Gasteiger partial charge in [0.1, 0.15) is 12.1 Å². The zero-order valence-electron chi connectivity index (χ0n) is 23.3. The van der Waals surface area contributed by atoms with Gasteiger partial charge in [-0.05, 0) is 31.7 Å². The number of nitrogens with two attached hydrogens (primary N) is 2. The molecule has 0 radical (unpaired) electrons. The highest BCUT2D eigenvalue weighted by molar-refractivity contribution is 5.89. The topological polar surface area (TPSA) is 156 Å². The van der Waals surface area contributed by atoms with Gasteiger partial charge in [0, 0.05) is 72.1 Å². The fourth-order valence-corrected chi connectivity index (χ4v) is 5.63. The van der Waals surface area contributed by atoms with Crippen molar-refractivity contribution in [1.29, 1.82) is 5.41 Å². The molecule has 0 saturated carbocycles. The number of hydrogen-bond acceptors (Lipinski definition) is 8. The lowest BCUT2D eigenvalue weighted by Gasteiger charge is -2.34. The third kappa shape index (κ3) is 5.88. The van der Waals surface area contributed by atoms with E-state index in [0.29, 0.717) is 49.5 Å². The molecule has 3 aromatic heterocycles. The summed E-state index contributed by atoms with van der Waals surface area (Å²) in [5.41, 5.74) is 18.6. The Balaban J connectivity index is 1.43. The average molecular weight is 553 g/mol. The van der Waals surface area contributed by atoms with E-state index in [9.17, 15) is 9.59 Å². The number of fused-ring (bicyclic) bond motifs is 1. The van der Waals surface area contributed by atoms with E-state index < -0.39 is 0 Å². The number of carbonyl (C=O) groups excluding carboxylic acids is 2. The Bertz CT molecular complexity index is 1540. The van der Waals surface area contributed by atoms with Crippen LogP contribution >= 0.6 is 0 Å². The number of piperidine rings is 1. The van der Waals surface area contributed by atoms with Crippen LogP contribution in [-0.2, 0) is 16.0 Å². The van der Waals surface area contributed by atoms with Crippen LogP contribution in [0, 0.1) is 11.3 Å². The number of aldehydes is 1. The quantitative estimate of drug-likeness (QED) is 0.199. The van der Waals surface area contributed by atoms with E-state index in [4.69, 9.17) is 21.9 Å². The first-order valence-electron chi connectivity index (χ1n) is 14.1. The summed E-state index contributed by atoms with van der Waals surface area (Å²) in [5, 5.41) is 12.4. The van der Waals surface area contributed by atoms with Gasteiger partial charge in [0.05, 0.1) is 17.6 Å². The molecule has 1 saturated heterocycles. The molecule has 1 aliphatic rings. The molecule has 1 amide bonds. The predicted octanol–water partition coefficient (Wildman–Crippen LogP) is 3.88. The Kier molecular flexibility index (Phi) is 8.49. The van der Waals surface area contributed by atoms with Crippen LogP contribution in [-0.4, -0.2) is 62.0 Å². The minimum atomic E-state index is -0.271. The molecule has 0 aliphatic carbocycles. The van der Waals surface area contributed by atoms with Crippen LogP contribution in [0.2, 0.25) is 0 Å². The molecule has 1 atom stereocenters. The van der Waals surface area contributed by atoms with Gasteiger partial charge in [-0.25, -0.2) is 4.98 Å². The van der Waals surface area contributed by atoms with Gasteiger partial charge >= 0.3 is 0 Å². The number of nitrogen functional groups attached to an aromatic ring is 1. The normalized spacial score (nSPS) is 14.7. The van der Waals surface area contributed by atoms with Crippen molar-refractivity contribution in [3.8, 4) is 22.4 Å². The Hall–Kier alpha value is -4.44. The second-order valence-electron chi connectivity index (χ2n) is 10.7. The maximum Gasteiger partial charge on any atom is 0.225 e. The van der Waals surface area contributed by atoms with Gasteiger partial charge in [0.15, 0.2) is 5.65 Å². The number of aromatic nitrogens is 4. The molecule has 41 heavy (non-hydrogen) atoms. The molecule has 4 heterocycles. The van der Waals surface area contributed by atoms with Gasteiger partial charge < -0.3 is 26.6 Å². The van der Waals surface area contributed by atoms with Crippen molar-refractivity contribution in [2.75, 3.05) is 25.4 Å². The molecule has 10 nitrogen and oxygen atoms in total. The van der Waals surface area contributed by atoms with Crippen LogP contribution in [0.5, 0.6) is 0 Å². The summed E-state index contributed by atoms with van der Waals surface area (Å²) in [6.07, 6.45) is 7.15. The first kappa shape index (κ1) is 28.1. The predicted molar refractivity (Wildman–Crippen MR) is 160 cm³/mol. The van der Waals surface area contributed by atoms with E-state index in [1.54, 1.807) is 10.7 Å². The molecule has 0 bridgehead atoms. The van der Waals surface area contributed by atoms with Crippen molar-refractivity contribution in [2.24, 2.45) is 11.7 Å². The first-order chi connectivity index (χ1) is 19.9. The van der Waals surface area contributed by atoms with Crippen LogP contribution in [0.1, 0.15) is 49.8 Å². The molecule has 5 N–H and O–H groups in total.